The molecule has 0 aliphatic heterocycles. The van der Waals surface area contributed by atoms with Crippen LogP contribution in [0.1, 0.15) is 42.1 Å². The van der Waals surface area contributed by atoms with Gasteiger partial charge in [-0.15, -0.1) is 0 Å². The smallest absolute Gasteiger partial charge is 0.176 e. The van der Waals surface area contributed by atoms with E-state index in [2.05, 4.69) is 0 Å². The van der Waals surface area contributed by atoms with E-state index in [-0.39, 0.29) is 5.78 Å². The third-order valence-corrected chi connectivity index (χ3v) is 5.23. The number of carbonyl (C=O) groups is 1. The van der Waals surface area contributed by atoms with Crippen LogP contribution in [0.5, 0.6) is 0 Å². The Labute approximate surface area is 136 Å². The second-order valence-corrected chi connectivity index (χ2v) is 6.52. The Kier molecular flexibility index (Phi) is 4.09. The molecule has 2 aromatic carbocycles. The van der Waals surface area contributed by atoms with Crippen LogP contribution < -0.4 is 0 Å². The number of carbonyl (C=O) groups excluding carboxylic acids is 1. The molecule has 1 aliphatic rings. The summed E-state index contributed by atoms with van der Waals surface area (Å²) in [7, 11) is 0. The number of aliphatic hydroxyl groups is 2. The number of benzene rings is 2. The molecule has 0 spiro atoms. The van der Waals surface area contributed by atoms with Gasteiger partial charge in [0.25, 0.3) is 0 Å². The number of hydrogen-bond acceptors (Lipinski definition) is 3. The minimum atomic E-state index is -1.51. The van der Waals surface area contributed by atoms with Crippen molar-refractivity contribution in [2.45, 2.75) is 43.3 Å². The summed E-state index contributed by atoms with van der Waals surface area (Å²) in [4.78, 5) is 13.4. The fourth-order valence-corrected chi connectivity index (χ4v) is 3.85. The maximum absolute atomic E-state index is 13.4. The molecular formula is C20H22O3. The molecule has 0 bridgehead atoms. The minimum absolute atomic E-state index is 0.131. The van der Waals surface area contributed by atoms with Crippen LogP contribution in [0.3, 0.4) is 0 Å². The van der Waals surface area contributed by atoms with Crippen LogP contribution in [0.4, 0.5) is 0 Å². The Morgan fingerprint density at radius 2 is 1.61 bits per heavy atom. The zero-order valence-corrected chi connectivity index (χ0v) is 13.3. The Morgan fingerprint density at radius 1 is 1.04 bits per heavy atom. The lowest BCUT2D eigenvalue weighted by molar-refractivity contribution is -0.126. The van der Waals surface area contributed by atoms with Gasteiger partial charge in [0.15, 0.2) is 5.78 Å². The van der Waals surface area contributed by atoms with E-state index in [0.717, 1.165) is 5.56 Å². The molecule has 0 aromatic heterocycles. The van der Waals surface area contributed by atoms with E-state index in [9.17, 15) is 15.0 Å². The molecule has 3 atom stereocenters. The van der Waals surface area contributed by atoms with Gasteiger partial charge < -0.3 is 10.2 Å². The van der Waals surface area contributed by atoms with E-state index in [0.29, 0.717) is 24.8 Å². The molecule has 120 valence electrons. The van der Waals surface area contributed by atoms with Crippen LogP contribution in [0.15, 0.2) is 60.7 Å². The summed E-state index contributed by atoms with van der Waals surface area (Å²) in [6, 6.07) is 18.4. The molecular weight excluding hydrogens is 288 g/mol. The maximum Gasteiger partial charge on any atom is 0.176 e. The molecule has 0 saturated heterocycles. The highest BCUT2D eigenvalue weighted by atomic mass is 16.3. The first-order valence-corrected chi connectivity index (χ1v) is 8.06. The largest absolute Gasteiger partial charge is 0.390 e. The monoisotopic (exact) mass is 310 g/mol. The summed E-state index contributed by atoms with van der Waals surface area (Å²) in [5.41, 5.74) is -1.32. The Hall–Kier alpha value is -1.97. The van der Waals surface area contributed by atoms with Crippen molar-refractivity contribution < 1.29 is 15.0 Å². The first-order valence-electron chi connectivity index (χ1n) is 8.06. The lowest BCUT2D eigenvalue weighted by Gasteiger charge is -2.50. The molecule has 0 heterocycles. The van der Waals surface area contributed by atoms with Crippen LogP contribution >= 0.6 is 0 Å². The Balaban J connectivity index is 2.21. The van der Waals surface area contributed by atoms with E-state index in [1.54, 1.807) is 19.1 Å². The van der Waals surface area contributed by atoms with Crippen molar-refractivity contribution in [2.75, 3.05) is 0 Å². The Bertz CT molecular complexity index is 679. The average Bonchev–Trinajstić information content (AvgIpc) is 2.58. The number of rotatable bonds is 3. The van der Waals surface area contributed by atoms with Gasteiger partial charge in [-0.2, -0.15) is 0 Å². The van der Waals surface area contributed by atoms with E-state index in [4.69, 9.17) is 0 Å². The predicted octanol–water partition coefficient (Wildman–Crippen LogP) is 3.10. The van der Waals surface area contributed by atoms with Crippen molar-refractivity contribution in [1.29, 1.82) is 0 Å². The quantitative estimate of drug-likeness (QED) is 0.857. The molecule has 2 aromatic rings. The van der Waals surface area contributed by atoms with E-state index in [1.807, 2.05) is 48.5 Å². The van der Waals surface area contributed by atoms with Crippen LogP contribution in [0.25, 0.3) is 0 Å². The third-order valence-electron chi connectivity index (χ3n) is 5.23. The van der Waals surface area contributed by atoms with E-state index < -0.39 is 17.1 Å². The zero-order chi connectivity index (χ0) is 16.5. The first kappa shape index (κ1) is 15.9. The van der Waals surface area contributed by atoms with Crippen LogP contribution in [0, 0.1) is 0 Å². The summed E-state index contributed by atoms with van der Waals surface area (Å²) in [6.45, 7) is 1.59. The summed E-state index contributed by atoms with van der Waals surface area (Å²) in [5, 5.41) is 21.6. The average molecular weight is 310 g/mol. The number of ketones is 1. The number of hydrogen-bond donors (Lipinski definition) is 2. The minimum Gasteiger partial charge on any atom is -0.390 e. The van der Waals surface area contributed by atoms with E-state index >= 15 is 0 Å². The van der Waals surface area contributed by atoms with Gasteiger partial charge in [0.2, 0.25) is 0 Å². The molecule has 23 heavy (non-hydrogen) atoms. The van der Waals surface area contributed by atoms with Crippen molar-refractivity contribution >= 4 is 5.78 Å². The van der Waals surface area contributed by atoms with Crippen molar-refractivity contribution in [3.63, 3.8) is 0 Å². The highest BCUT2D eigenvalue weighted by molar-refractivity contribution is 6.05. The highest BCUT2D eigenvalue weighted by Gasteiger charge is 2.58. The van der Waals surface area contributed by atoms with Crippen molar-refractivity contribution in [2.24, 2.45) is 0 Å². The van der Waals surface area contributed by atoms with Crippen LogP contribution in [-0.4, -0.2) is 27.7 Å². The molecule has 1 fully saturated rings. The normalized spacial score (nSPS) is 30.8. The van der Waals surface area contributed by atoms with Crippen molar-refractivity contribution in [3.8, 4) is 0 Å². The summed E-state index contributed by atoms with van der Waals surface area (Å²) in [5.74, 6) is -0.131. The SMILES string of the molecule is CC1(O)C(O)CCCC1(C(=O)c1ccccc1)c1ccccc1. The standard InChI is InChI=1S/C20H22O3/c1-19(23)17(21)13-8-14-20(19,16-11-6-3-7-12-16)18(22)15-9-4-2-5-10-15/h2-7,9-12,17,21,23H,8,13-14H2,1H3. The third kappa shape index (κ3) is 2.41. The van der Waals surface area contributed by atoms with Gasteiger partial charge in [0, 0.05) is 5.56 Å². The molecule has 3 rings (SSSR count). The molecule has 3 heteroatoms. The maximum atomic E-state index is 13.4. The molecule has 0 radical (unpaired) electrons. The number of Topliss-reactive ketones (excluding diaryl/α,β-unsaturated/α-hetero) is 1. The van der Waals surface area contributed by atoms with Gasteiger partial charge in [0.05, 0.1) is 11.5 Å². The van der Waals surface area contributed by atoms with Crippen LogP contribution in [0.2, 0.25) is 0 Å². The van der Waals surface area contributed by atoms with Crippen LogP contribution in [-0.2, 0) is 5.41 Å². The predicted molar refractivity (Wildman–Crippen MR) is 89.4 cm³/mol. The Morgan fingerprint density at radius 3 is 2.22 bits per heavy atom. The van der Waals surface area contributed by atoms with Gasteiger partial charge in [-0.05, 0) is 31.7 Å². The van der Waals surface area contributed by atoms with Gasteiger partial charge >= 0.3 is 0 Å². The molecule has 1 saturated carbocycles. The second kappa shape index (κ2) is 5.91. The fraction of sp³-hybridized carbons (Fsp3) is 0.350. The topological polar surface area (TPSA) is 57.5 Å². The molecule has 3 nitrogen and oxygen atoms in total. The lowest BCUT2D eigenvalue weighted by atomic mass is 9.56. The molecule has 0 amide bonds. The van der Waals surface area contributed by atoms with Crippen molar-refractivity contribution in [3.05, 3.63) is 71.8 Å². The van der Waals surface area contributed by atoms with E-state index in [1.165, 1.54) is 0 Å². The fourth-order valence-electron chi connectivity index (χ4n) is 3.85. The first-order chi connectivity index (χ1) is 11.0. The van der Waals surface area contributed by atoms with Crippen molar-refractivity contribution in [1.82, 2.24) is 0 Å². The summed E-state index contributed by atoms with van der Waals surface area (Å²) in [6.07, 6.45) is 0.799. The summed E-state index contributed by atoms with van der Waals surface area (Å²) >= 11 is 0. The van der Waals surface area contributed by atoms with Gasteiger partial charge in [-0.3, -0.25) is 4.79 Å². The van der Waals surface area contributed by atoms with Gasteiger partial charge in [-0.25, -0.2) is 0 Å². The molecule has 2 N–H and O–H groups in total. The second-order valence-electron chi connectivity index (χ2n) is 6.52. The van der Waals surface area contributed by atoms with Gasteiger partial charge in [-0.1, -0.05) is 60.7 Å². The number of aliphatic hydroxyl groups excluding tert-OH is 1. The summed E-state index contributed by atoms with van der Waals surface area (Å²) < 4.78 is 0. The van der Waals surface area contributed by atoms with Gasteiger partial charge in [0.1, 0.15) is 5.60 Å². The highest BCUT2D eigenvalue weighted by Crippen LogP contribution is 2.48. The lowest BCUT2D eigenvalue weighted by Crippen LogP contribution is -2.63. The molecule has 1 aliphatic carbocycles. The molecule has 3 unspecified atom stereocenters. The zero-order valence-electron chi connectivity index (χ0n) is 13.3.